The second-order valence-corrected chi connectivity index (χ2v) is 14.1. The molecule has 0 aliphatic rings. The van der Waals surface area contributed by atoms with Crippen molar-refractivity contribution < 1.29 is 0 Å². The first-order chi connectivity index (χ1) is 24.5. The molecule has 0 N–H and O–H groups in total. The van der Waals surface area contributed by atoms with Crippen LogP contribution in [0.5, 0.6) is 0 Å². The molecule has 0 aromatic heterocycles. The summed E-state index contributed by atoms with van der Waals surface area (Å²) in [7, 11) is 0. The number of fused-ring (bicyclic) bond motifs is 10. The van der Waals surface area contributed by atoms with Crippen LogP contribution in [0.1, 0.15) is 22.3 Å². The third-order valence-corrected chi connectivity index (χ3v) is 11.7. The first kappa shape index (κ1) is 29.0. The Morgan fingerprint density at radius 1 is 0.260 bits per heavy atom. The Labute approximate surface area is 292 Å². The van der Waals surface area contributed by atoms with Crippen LogP contribution < -0.4 is 0 Å². The molecule has 0 spiro atoms. The number of benzene rings is 10. The maximum absolute atomic E-state index is 2.46. The van der Waals surface area contributed by atoms with Crippen molar-refractivity contribution in [3.63, 3.8) is 0 Å². The van der Waals surface area contributed by atoms with E-state index in [1.807, 2.05) is 0 Å². The average Bonchev–Trinajstić information content (AvgIpc) is 3.17. The lowest BCUT2D eigenvalue weighted by molar-refractivity contribution is 1.41. The van der Waals surface area contributed by atoms with Gasteiger partial charge < -0.3 is 0 Å². The Balaban J connectivity index is 1.37. The van der Waals surface area contributed by atoms with Crippen molar-refractivity contribution in [1.29, 1.82) is 0 Å². The van der Waals surface area contributed by atoms with Crippen molar-refractivity contribution in [2.75, 3.05) is 0 Å². The quantitative estimate of drug-likeness (QED) is 0.131. The van der Waals surface area contributed by atoms with Crippen molar-refractivity contribution in [3.05, 3.63) is 168 Å². The van der Waals surface area contributed by atoms with E-state index in [0.29, 0.717) is 0 Å². The first-order valence-corrected chi connectivity index (χ1v) is 17.7. The summed E-state index contributed by atoms with van der Waals surface area (Å²) in [4.78, 5) is 0. The molecule has 0 fully saturated rings. The second-order valence-electron chi connectivity index (χ2n) is 14.1. The normalized spacial score (nSPS) is 12.0. The van der Waals surface area contributed by atoms with E-state index in [1.165, 1.54) is 120 Å². The third kappa shape index (κ3) is 4.00. The van der Waals surface area contributed by atoms with Crippen molar-refractivity contribution in [2.24, 2.45) is 0 Å². The summed E-state index contributed by atoms with van der Waals surface area (Å²) in [6.45, 7) is 9.06. The van der Waals surface area contributed by atoms with Gasteiger partial charge in [0, 0.05) is 0 Å². The first-order valence-electron chi connectivity index (χ1n) is 17.7. The zero-order valence-electron chi connectivity index (χ0n) is 28.9. The summed E-state index contributed by atoms with van der Waals surface area (Å²) < 4.78 is 0. The molecule has 0 nitrogen and oxygen atoms in total. The van der Waals surface area contributed by atoms with E-state index in [0.717, 1.165) is 0 Å². The van der Waals surface area contributed by atoms with Crippen LogP contribution in [0.3, 0.4) is 0 Å². The Kier molecular flexibility index (Phi) is 6.24. The molecule has 236 valence electrons. The summed E-state index contributed by atoms with van der Waals surface area (Å²) in [5.74, 6) is 0. The van der Waals surface area contributed by atoms with Gasteiger partial charge in [-0.3, -0.25) is 0 Å². The number of hydrogen-bond acceptors (Lipinski definition) is 0. The average molecular weight is 637 g/mol. The highest BCUT2D eigenvalue weighted by Gasteiger charge is 2.20. The molecule has 0 bridgehead atoms. The van der Waals surface area contributed by atoms with E-state index in [1.54, 1.807) is 0 Å². The van der Waals surface area contributed by atoms with Crippen LogP contribution in [0.4, 0.5) is 0 Å². The van der Waals surface area contributed by atoms with Crippen molar-refractivity contribution in [1.82, 2.24) is 0 Å². The molecule has 10 aromatic rings. The van der Waals surface area contributed by atoms with Crippen LogP contribution in [0.25, 0.3) is 97.7 Å². The van der Waals surface area contributed by atoms with Gasteiger partial charge in [-0.1, -0.05) is 133 Å². The zero-order chi connectivity index (χ0) is 33.7. The van der Waals surface area contributed by atoms with Gasteiger partial charge in [0.2, 0.25) is 0 Å². The summed E-state index contributed by atoms with van der Waals surface area (Å²) in [5.41, 5.74) is 10.5. The van der Waals surface area contributed by atoms with Crippen molar-refractivity contribution >= 4 is 75.4 Å². The fourth-order valence-electron chi connectivity index (χ4n) is 8.96. The minimum atomic E-state index is 1.25. The van der Waals surface area contributed by atoms with E-state index in [-0.39, 0.29) is 0 Å². The van der Waals surface area contributed by atoms with Gasteiger partial charge in [0.15, 0.2) is 0 Å². The van der Waals surface area contributed by atoms with Crippen LogP contribution >= 0.6 is 0 Å². The van der Waals surface area contributed by atoms with Gasteiger partial charge in [-0.05, 0) is 160 Å². The van der Waals surface area contributed by atoms with Crippen LogP contribution in [0.15, 0.2) is 146 Å². The SMILES string of the molecule is Cc1c(C)c2ccc(-c3c4ccccc4c(-c4ccc5c(C)c(C)c6ccccc6c5c4)c4c3ccc3ccccc34)cc2c2ccccc12. The predicted octanol–water partition coefficient (Wildman–Crippen LogP) is 14.3. The molecule has 10 aromatic carbocycles. The molecule has 50 heavy (non-hydrogen) atoms. The summed E-state index contributed by atoms with van der Waals surface area (Å²) in [5, 5.41) is 18.3. The number of aryl methyl sites for hydroxylation is 4. The Bertz CT molecular complexity index is 3070. The maximum atomic E-state index is 2.46. The Morgan fingerprint density at radius 3 is 1.18 bits per heavy atom. The summed E-state index contributed by atoms with van der Waals surface area (Å²) in [6.07, 6.45) is 0. The van der Waals surface area contributed by atoms with Crippen LogP contribution in [-0.4, -0.2) is 0 Å². The molecule has 0 aliphatic heterocycles. The smallest absolute Gasteiger partial charge is 0.00141 e. The van der Waals surface area contributed by atoms with Crippen LogP contribution in [0.2, 0.25) is 0 Å². The highest BCUT2D eigenvalue weighted by molar-refractivity contribution is 6.29. The van der Waals surface area contributed by atoms with E-state index >= 15 is 0 Å². The lowest BCUT2D eigenvalue weighted by Gasteiger charge is -2.21. The zero-order valence-corrected chi connectivity index (χ0v) is 28.9. The minimum absolute atomic E-state index is 1.25. The largest absolute Gasteiger partial charge is 0.0616 e. The van der Waals surface area contributed by atoms with Gasteiger partial charge >= 0.3 is 0 Å². The summed E-state index contributed by atoms with van der Waals surface area (Å²) >= 11 is 0. The number of hydrogen-bond donors (Lipinski definition) is 0. The standard InChI is InChI=1S/C50H36/c1-29-31(3)38-24-22-34(27-46(38)41-17-9-7-14-36(29)41)48-43-19-11-12-20-44(43)49(50-40-16-6-5-13-33(40)21-26-45(48)50)35-23-25-39-32(4)30(2)37-15-8-10-18-42(37)47(39)28-35/h5-28H,1-4H3. The molecule has 0 atom stereocenters. The van der Waals surface area contributed by atoms with Crippen molar-refractivity contribution in [2.45, 2.75) is 27.7 Å². The number of rotatable bonds is 2. The molecule has 0 amide bonds. The summed E-state index contributed by atoms with van der Waals surface area (Å²) in [6, 6.07) is 54.8. The maximum Gasteiger partial charge on any atom is -0.00141 e. The lowest BCUT2D eigenvalue weighted by Crippen LogP contribution is -1.94. The topological polar surface area (TPSA) is 0 Å². The molecule has 0 aliphatic carbocycles. The molecule has 0 heteroatoms. The third-order valence-electron chi connectivity index (χ3n) is 11.7. The molecular formula is C50H36. The van der Waals surface area contributed by atoms with Gasteiger partial charge in [-0.2, -0.15) is 0 Å². The van der Waals surface area contributed by atoms with Gasteiger partial charge in [-0.15, -0.1) is 0 Å². The van der Waals surface area contributed by atoms with Gasteiger partial charge in [0.25, 0.3) is 0 Å². The van der Waals surface area contributed by atoms with Crippen molar-refractivity contribution in [3.8, 4) is 22.3 Å². The van der Waals surface area contributed by atoms with E-state index in [4.69, 9.17) is 0 Å². The molecular weight excluding hydrogens is 601 g/mol. The minimum Gasteiger partial charge on any atom is -0.0616 e. The second kappa shape index (κ2) is 10.8. The monoisotopic (exact) mass is 636 g/mol. The van der Waals surface area contributed by atoms with Crippen LogP contribution in [0, 0.1) is 27.7 Å². The van der Waals surface area contributed by atoms with Gasteiger partial charge in [0.05, 0.1) is 0 Å². The predicted molar refractivity (Wildman–Crippen MR) is 219 cm³/mol. The molecule has 10 rings (SSSR count). The Hall–Kier alpha value is -5.98. The van der Waals surface area contributed by atoms with E-state index < -0.39 is 0 Å². The van der Waals surface area contributed by atoms with Crippen LogP contribution in [-0.2, 0) is 0 Å². The highest BCUT2D eigenvalue weighted by Crippen LogP contribution is 2.48. The van der Waals surface area contributed by atoms with E-state index in [2.05, 4.69) is 173 Å². The fraction of sp³-hybridized carbons (Fsp3) is 0.0800. The van der Waals surface area contributed by atoms with Gasteiger partial charge in [0.1, 0.15) is 0 Å². The van der Waals surface area contributed by atoms with E-state index in [9.17, 15) is 0 Å². The molecule has 0 radical (unpaired) electrons. The molecule has 0 saturated heterocycles. The highest BCUT2D eigenvalue weighted by atomic mass is 14.2. The molecule has 0 unspecified atom stereocenters. The van der Waals surface area contributed by atoms with Gasteiger partial charge in [-0.25, -0.2) is 0 Å². The fourth-order valence-corrected chi connectivity index (χ4v) is 8.96. The Morgan fingerprint density at radius 2 is 0.640 bits per heavy atom. The molecule has 0 saturated carbocycles. The molecule has 0 heterocycles. The lowest BCUT2D eigenvalue weighted by atomic mass is 9.82.